The van der Waals surface area contributed by atoms with E-state index < -0.39 is 16.1 Å². The van der Waals surface area contributed by atoms with Crippen molar-refractivity contribution in [3.63, 3.8) is 0 Å². The number of anilines is 1. The Morgan fingerprint density at radius 1 is 1.15 bits per heavy atom. The van der Waals surface area contributed by atoms with E-state index in [2.05, 4.69) is 21.2 Å². The number of sulfonamides is 1. The van der Waals surface area contributed by atoms with Crippen molar-refractivity contribution in [2.45, 2.75) is 24.8 Å². The molecule has 0 saturated heterocycles. The second-order valence-electron chi connectivity index (χ2n) is 7.74. The highest BCUT2D eigenvalue weighted by Crippen LogP contribution is 2.39. The summed E-state index contributed by atoms with van der Waals surface area (Å²) in [5.74, 6) is -0.648. The van der Waals surface area contributed by atoms with Crippen LogP contribution in [0.25, 0.3) is 0 Å². The maximum absolute atomic E-state index is 13.7. The van der Waals surface area contributed by atoms with Gasteiger partial charge in [0.25, 0.3) is 5.91 Å². The van der Waals surface area contributed by atoms with Gasteiger partial charge in [0.05, 0.1) is 10.9 Å². The average molecular weight is 563 g/mol. The Bertz CT molecular complexity index is 1300. The molecule has 1 aliphatic rings. The molecule has 3 aromatic rings. The van der Waals surface area contributed by atoms with Crippen LogP contribution >= 0.6 is 27.3 Å². The third kappa shape index (κ3) is 4.68. The van der Waals surface area contributed by atoms with E-state index in [1.807, 2.05) is 35.7 Å². The Morgan fingerprint density at radius 2 is 1.85 bits per heavy atom. The number of rotatable bonds is 6. The first-order chi connectivity index (χ1) is 16.3. The third-order valence-electron chi connectivity index (χ3n) is 5.73. The Hall–Kier alpha value is -2.53. The van der Waals surface area contributed by atoms with Crippen LogP contribution in [0.5, 0.6) is 0 Å². The molecule has 0 aliphatic carbocycles. The van der Waals surface area contributed by atoms with Crippen LogP contribution in [0.4, 0.5) is 5.69 Å². The number of fused-ring (bicyclic) bond motifs is 1. The third-order valence-corrected chi connectivity index (χ3v) is 9.21. The average Bonchev–Trinajstić information content (AvgIpc) is 3.30. The summed E-state index contributed by atoms with van der Waals surface area (Å²) in [7, 11) is -3.63. The van der Waals surface area contributed by atoms with E-state index in [1.54, 1.807) is 13.8 Å². The van der Waals surface area contributed by atoms with Crippen LogP contribution in [0.3, 0.4) is 0 Å². The molecule has 0 bridgehead atoms. The Balaban J connectivity index is 1.75. The number of amides is 2. The Kier molecular flexibility index (Phi) is 7.22. The molecule has 0 saturated carbocycles. The lowest BCUT2D eigenvalue weighted by Crippen LogP contribution is -2.38. The monoisotopic (exact) mass is 561 g/mol. The number of hydrogen-bond donors (Lipinski definition) is 1. The second kappa shape index (κ2) is 9.99. The van der Waals surface area contributed by atoms with Crippen molar-refractivity contribution in [2.24, 2.45) is 0 Å². The molecule has 1 aliphatic heterocycles. The molecule has 4 rings (SSSR count). The number of halogens is 1. The molecule has 0 fully saturated rings. The van der Waals surface area contributed by atoms with Gasteiger partial charge in [0, 0.05) is 39.3 Å². The maximum Gasteiger partial charge on any atom is 0.255 e. The van der Waals surface area contributed by atoms with Gasteiger partial charge in [-0.3, -0.25) is 9.59 Å². The van der Waals surface area contributed by atoms with Gasteiger partial charge in [0.1, 0.15) is 6.54 Å². The molecule has 0 radical (unpaired) electrons. The smallest absolute Gasteiger partial charge is 0.255 e. The first kappa shape index (κ1) is 24.6. The summed E-state index contributed by atoms with van der Waals surface area (Å²) in [6.07, 6.45) is 0. The van der Waals surface area contributed by atoms with Crippen LogP contribution in [0.2, 0.25) is 0 Å². The van der Waals surface area contributed by atoms with Gasteiger partial charge in [0.2, 0.25) is 15.9 Å². The van der Waals surface area contributed by atoms with Gasteiger partial charge in [-0.1, -0.05) is 35.8 Å². The number of thiophene rings is 1. The minimum atomic E-state index is -3.63. The molecule has 2 aromatic carbocycles. The van der Waals surface area contributed by atoms with Crippen molar-refractivity contribution in [1.82, 2.24) is 9.21 Å². The highest BCUT2D eigenvalue weighted by molar-refractivity contribution is 9.10. The molecule has 2 heterocycles. The van der Waals surface area contributed by atoms with Gasteiger partial charge >= 0.3 is 0 Å². The van der Waals surface area contributed by atoms with Crippen LogP contribution < -0.4 is 5.32 Å². The maximum atomic E-state index is 13.7. The van der Waals surface area contributed by atoms with E-state index in [1.165, 1.54) is 44.8 Å². The fraction of sp³-hybridized carbons (Fsp3) is 0.250. The van der Waals surface area contributed by atoms with Gasteiger partial charge in [-0.15, -0.1) is 11.3 Å². The molecule has 34 heavy (non-hydrogen) atoms. The molecular weight excluding hydrogens is 538 g/mol. The van der Waals surface area contributed by atoms with Crippen molar-refractivity contribution in [3.8, 4) is 0 Å². The van der Waals surface area contributed by atoms with Crippen molar-refractivity contribution >= 4 is 54.8 Å². The topological polar surface area (TPSA) is 86.8 Å². The molecule has 2 amide bonds. The van der Waals surface area contributed by atoms with Crippen molar-refractivity contribution in [3.05, 3.63) is 80.5 Å². The normalized spacial score (nSPS) is 16.2. The number of carbonyl (C=O) groups is 2. The molecule has 10 heteroatoms. The molecule has 1 atom stereocenters. The molecule has 178 valence electrons. The largest absolute Gasteiger partial charge is 0.324 e. The molecular formula is C24H24BrN3O4S2. The SMILES string of the molecule is CCN(CC)S(=O)(=O)c1ccc(C(=O)N2CC(=O)Nc3ccc(Br)cc3C2c2cccs2)cc1. The highest BCUT2D eigenvalue weighted by atomic mass is 79.9. The lowest BCUT2D eigenvalue weighted by atomic mass is 10.0. The van der Waals surface area contributed by atoms with Crippen LogP contribution in [0.1, 0.15) is 40.7 Å². The zero-order chi connectivity index (χ0) is 24.5. The van der Waals surface area contributed by atoms with Crippen LogP contribution in [-0.4, -0.2) is 49.1 Å². The zero-order valence-corrected chi connectivity index (χ0v) is 21.9. The zero-order valence-electron chi connectivity index (χ0n) is 18.7. The molecule has 1 aromatic heterocycles. The Labute approximate surface area is 211 Å². The number of nitrogens with zero attached hydrogens (tertiary/aromatic N) is 2. The molecule has 7 nitrogen and oxygen atoms in total. The minimum Gasteiger partial charge on any atom is -0.324 e. The van der Waals surface area contributed by atoms with Gasteiger partial charge in [-0.25, -0.2) is 8.42 Å². The van der Waals surface area contributed by atoms with E-state index in [-0.39, 0.29) is 23.3 Å². The summed E-state index contributed by atoms with van der Waals surface area (Å²) in [4.78, 5) is 29.0. The van der Waals surface area contributed by atoms with Gasteiger partial charge in [-0.05, 0) is 53.9 Å². The van der Waals surface area contributed by atoms with Crippen LogP contribution in [-0.2, 0) is 14.8 Å². The first-order valence-electron chi connectivity index (χ1n) is 10.8. The number of nitrogens with one attached hydrogen (secondary N) is 1. The molecule has 1 unspecified atom stereocenters. The van der Waals surface area contributed by atoms with E-state index in [4.69, 9.17) is 0 Å². The predicted octanol–water partition coefficient (Wildman–Crippen LogP) is 4.73. The van der Waals surface area contributed by atoms with Crippen molar-refractivity contribution in [2.75, 3.05) is 25.0 Å². The van der Waals surface area contributed by atoms with Gasteiger partial charge in [0.15, 0.2) is 0 Å². The van der Waals surface area contributed by atoms with E-state index in [0.717, 1.165) is 14.9 Å². The predicted molar refractivity (Wildman–Crippen MR) is 137 cm³/mol. The minimum absolute atomic E-state index is 0.130. The molecule has 1 N–H and O–H groups in total. The van der Waals surface area contributed by atoms with E-state index in [9.17, 15) is 18.0 Å². The summed E-state index contributed by atoms with van der Waals surface area (Å²) >= 11 is 5.01. The lowest BCUT2D eigenvalue weighted by Gasteiger charge is -2.29. The highest BCUT2D eigenvalue weighted by Gasteiger charge is 2.35. The Morgan fingerprint density at radius 3 is 2.47 bits per heavy atom. The number of benzene rings is 2. The second-order valence-corrected chi connectivity index (χ2v) is 11.6. The fourth-order valence-corrected chi connectivity index (χ4v) is 6.76. The van der Waals surface area contributed by atoms with E-state index >= 15 is 0 Å². The summed E-state index contributed by atoms with van der Waals surface area (Å²) in [6, 6.07) is 14.9. The van der Waals surface area contributed by atoms with Crippen LogP contribution in [0, 0.1) is 0 Å². The van der Waals surface area contributed by atoms with Crippen molar-refractivity contribution in [1.29, 1.82) is 0 Å². The first-order valence-corrected chi connectivity index (χ1v) is 13.9. The summed E-state index contributed by atoms with van der Waals surface area (Å²) in [5.41, 5.74) is 1.77. The lowest BCUT2D eigenvalue weighted by molar-refractivity contribution is -0.117. The summed E-state index contributed by atoms with van der Waals surface area (Å²) in [5, 5.41) is 4.83. The number of carbonyl (C=O) groups excluding carboxylic acids is 2. The van der Waals surface area contributed by atoms with Crippen LogP contribution in [0.15, 0.2) is 69.3 Å². The quantitative estimate of drug-likeness (QED) is 0.471. The van der Waals surface area contributed by atoms with Crippen molar-refractivity contribution < 1.29 is 18.0 Å². The number of hydrogen-bond acceptors (Lipinski definition) is 5. The van der Waals surface area contributed by atoms with E-state index in [0.29, 0.717) is 24.3 Å². The summed E-state index contributed by atoms with van der Waals surface area (Å²) in [6.45, 7) is 4.15. The fourth-order valence-electron chi connectivity index (χ4n) is 4.07. The summed E-state index contributed by atoms with van der Waals surface area (Å²) < 4.78 is 27.8. The van der Waals surface area contributed by atoms with Gasteiger partial charge < -0.3 is 10.2 Å². The van der Waals surface area contributed by atoms with Gasteiger partial charge in [-0.2, -0.15) is 4.31 Å². The molecule has 0 spiro atoms. The standard InChI is InChI=1S/C24H24BrN3O4S2/c1-3-27(4-2)34(31,32)18-10-7-16(8-11-18)24(30)28-15-22(29)26-20-12-9-17(25)14-19(20)23(28)21-6-5-13-33-21/h5-14,23H,3-4,15H2,1-2H3,(H,26,29).